The summed E-state index contributed by atoms with van der Waals surface area (Å²) < 4.78 is 1.68. The van der Waals surface area contributed by atoms with E-state index in [0.29, 0.717) is 22.0 Å². The number of hydrogen-bond donors (Lipinski definition) is 1. The number of ketones is 1. The molecule has 0 aliphatic carbocycles. The zero-order chi connectivity index (χ0) is 18.0. The highest BCUT2D eigenvalue weighted by atomic mass is 35.5. The average Bonchev–Trinajstić information content (AvgIpc) is 2.98. The van der Waals surface area contributed by atoms with Crippen molar-refractivity contribution in [2.75, 3.05) is 5.32 Å². The lowest BCUT2D eigenvalue weighted by Gasteiger charge is -2.05. The van der Waals surface area contributed by atoms with Crippen molar-refractivity contribution in [1.29, 1.82) is 0 Å². The zero-order valence-electron chi connectivity index (χ0n) is 13.8. The molecule has 3 aromatic rings. The van der Waals surface area contributed by atoms with Crippen molar-refractivity contribution < 1.29 is 9.59 Å². The Kier molecular flexibility index (Phi) is 4.67. The fourth-order valence-corrected chi connectivity index (χ4v) is 2.54. The van der Waals surface area contributed by atoms with Crippen LogP contribution in [0.2, 0.25) is 5.02 Å². The Labute approximate surface area is 150 Å². The highest BCUT2D eigenvalue weighted by molar-refractivity contribution is 6.30. The second-order valence-corrected chi connectivity index (χ2v) is 6.08. The minimum atomic E-state index is -0.314. The van der Waals surface area contributed by atoms with Gasteiger partial charge in [0.1, 0.15) is 0 Å². The van der Waals surface area contributed by atoms with Gasteiger partial charge in [-0.05, 0) is 68.4 Å². The Morgan fingerprint density at radius 3 is 2.28 bits per heavy atom. The molecule has 0 spiro atoms. The van der Waals surface area contributed by atoms with Crippen LogP contribution in [-0.2, 0) is 0 Å². The van der Waals surface area contributed by atoms with E-state index in [1.54, 1.807) is 47.1 Å². The van der Waals surface area contributed by atoms with Gasteiger partial charge in [0, 0.05) is 22.0 Å². The van der Waals surface area contributed by atoms with Crippen LogP contribution in [0.15, 0.2) is 54.6 Å². The first-order chi connectivity index (χ1) is 11.9. The summed E-state index contributed by atoms with van der Waals surface area (Å²) in [5.41, 5.74) is 3.17. The van der Waals surface area contributed by atoms with Crippen LogP contribution in [0.1, 0.15) is 33.5 Å². The summed E-state index contributed by atoms with van der Waals surface area (Å²) in [5, 5.41) is 7.78. The van der Waals surface area contributed by atoms with E-state index in [4.69, 9.17) is 11.6 Å². The van der Waals surface area contributed by atoms with Crippen LogP contribution in [0.25, 0.3) is 5.69 Å². The topological polar surface area (TPSA) is 64.0 Å². The van der Waals surface area contributed by atoms with Crippen LogP contribution in [0.5, 0.6) is 0 Å². The van der Waals surface area contributed by atoms with Gasteiger partial charge >= 0.3 is 0 Å². The summed E-state index contributed by atoms with van der Waals surface area (Å²) in [6.07, 6.45) is 0. The van der Waals surface area contributed by atoms with Gasteiger partial charge < -0.3 is 5.32 Å². The van der Waals surface area contributed by atoms with E-state index in [9.17, 15) is 9.59 Å². The van der Waals surface area contributed by atoms with Gasteiger partial charge in [-0.1, -0.05) is 11.6 Å². The number of aromatic nitrogens is 2. The molecule has 0 aliphatic rings. The number of carbonyl (C=O) groups excluding carboxylic acids is 2. The minimum Gasteiger partial charge on any atom is -0.321 e. The van der Waals surface area contributed by atoms with Crippen LogP contribution in [0, 0.1) is 6.92 Å². The molecule has 126 valence electrons. The number of Topliss-reactive ketones (excluding diaryl/α,β-unsaturated/α-hetero) is 1. The summed E-state index contributed by atoms with van der Waals surface area (Å²) in [6, 6.07) is 15.7. The average molecular weight is 354 g/mol. The van der Waals surface area contributed by atoms with Crippen molar-refractivity contribution in [2.24, 2.45) is 0 Å². The number of benzene rings is 2. The number of hydrogen-bond acceptors (Lipinski definition) is 3. The maximum absolute atomic E-state index is 12.4. The Balaban J connectivity index is 1.80. The van der Waals surface area contributed by atoms with Gasteiger partial charge in [-0.15, -0.1) is 0 Å². The van der Waals surface area contributed by atoms with E-state index in [1.807, 2.05) is 19.1 Å². The maximum atomic E-state index is 12.4. The lowest BCUT2D eigenvalue weighted by atomic mass is 10.1. The van der Waals surface area contributed by atoms with E-state index in [1.165, 1.54) is 6.92 Å². The summed E-state index contributed by atoms with van der Waals surface area (Å²) in [7, 11) is 0. The summed E-state index contributed by atoms with van der Waals surface area (Å²) >= 11 is 5.90. The summed E-state index contributed by atoms with van der Waals surface area (Å²) in [5.74, 6) is -0.332. The van der Waals surface area contributed by atoms with E-state index >= 15 is 0 Å². The Bertz CT molecular complexity index is 928. The molecule has 5 nitrogen and oxygen atoms in total. The van der Waals surface area contributed by atoms with Gasteiger partial charge in [-0.3, -0.25) is 9.59 Å². The quantitative estimate of drug-likeness (QED) is 0.711. The third kappa shape index (κ3) is 3.78. The van der Waals surface area contributed by atoms with Crippen LogP contribution >= 0.6 is 11.6 Å². The molecule has 25 heavy (non-hydrogen) atoms. The number of amides is 1. The molecule has 0 saturated carbocycles. The lowest BCUT2D eigenvalue weighted by molar-refractivity contribution is 0.101. The number of rotatable bonds is 4. The molecule has 0 fully saturated rings. The molecule has 0 bridgehead atoms. The van der Waals surface area contributed by atoms with Gasteiger partial charge in [0.15, 0.2) is 11.5 Å². The molecule has 3 rings (SSSR count). The molecule has 6 heteroatoms. The zero-order valence-corrected chi connectivity index (χ0v) is 14.5. The monoisotopic (exact) mass is 353 g/mol. The predicted molar refractivity (Wildman–Crippen MR) is 97.7 cm³/mol. The second-order valence-electron chi connectivity index (χ2n) is 5.65. The number of anilines is 1. The van der Waals surface area contributed by atoms with Gasteiger partial charge in [-0.2, -0.15) is 5.10 Å². The van der Waals surface area contributed by atoms with Crippen LogP contribution in [-0.4, -0.2) is 21.5 Å². The number of nitrogens with zero attached hydrogens (tertiary/aromatic N) is 2. The highest BCUT2D eigenvalue weighted by Crippen LogP contribution is 2.17. The van der Waals surface area contributed by atoms with Crippen molar-refractivity contribution in [3.63, 3.8) is 0 Å². The predicted octanol–water partition coefficient (Wildman–Crippen LogP) is 4.29. The first kappa shape index (κ1) is 16.9. The third-order valence-electron chi connectivity index (χ3n) is 3.74. The van der Waals surface area contributed by atoms with Crippen molar-refractivity contribution in [3.8, 4) is 5.69 Å². The molecule has 0 atom stereocenters. The molecule has 0 saturated heterocycles. The van der Waals surface area contributed by atoms with E-state index in [0.717, 1.165) is 11.4 Å². The normalized spacial score (nSPS) is 10.5. The molecule has 1 heterocycles. The SMILES string of the molecule is CC(=O)c1ccc(NC(=O)c2cc(C)n(-c3ccc(Cl)cc3)n2)cc1. The van der Waals surface area contributed by atoms with Gasteiger partial charge in [0.05, 0.1) is 5.69 Å². The smallest absolute Gasteiger partial charge is 0.276 e. The fourth-order valence-electron chi connectivity index (χ4n) is 2.41. The van der Waals surface area contributed by atoms with Crippen LogP contribution in [0.4, 0.5) is 5.69 Å². The molecule has 0 aliphatic heterocycles. The standard InChI is InChI=1S/C19H16ClN3O2/c1-12-11-18(22-23(12)17-9-5-15(20)6-10-17)19(25)21-16-7-3-14(4-8-16)13(2)24/h3-11H,1-2H3,(H,21,25). The van der Waals surface area contributed by atoms with E-state index < -0.39 is 0 Å². The molecule has 1 N–H and O–H groups in total. The molecule has 2 aromatic carbocycles. The molecule has 0 radical (unpaired) electrons. The molecular weight excluding hydrogens is 338 g/mol. The molecule has 1 aromatic heterocycles. The second kappa shape index (κ2) is 6.91. The Hall–Kier alpha value is -2.92. The first-order valence-corrected chi connectivity index (χ1v) is 8.07. The molecular formula is C19H16ClN3O2. The lowest BCUT2D eigenvalue weighted by Crippen LogP contribution is -2.13. The molecule has 1 amide bonds. The Morgan fingerprint density at radius 2 is 1.68 bits per heavy atom. The summed E-state index contributed by atoms with van der Waals surface area (Å²) in [6.45, 7) is 3.37. The number of halogens is 1. The summed E-state index contributed by atoms with van der Waals surface area (Å²) in [4.78, 5) is 23.7. The number of aryl methyl sites for hydroxylation is 1. The van der Waals surface area contributed by atoms with Gasteiger partial charge in [0.2, 0.25) is 0 Å². The van der Waals surface area contributed by atoms with Crippen molar-refractivity contribution in [1.82, 2.24) is 9.78 Å². The van der Waals surface area contributed by atoms with Gasteiger partial charge in [0.25, 0.3) is 5.91 Å². The van der Waals surface area contributed by atoms with Crippen molar-refractivity contribution >= 4 is 29.0 Å². The van der Waals surface area contributed by atoms with Crippen LogP contribution < -0.4 is 5.32 Å². The minimum absolute atomic E-state index is 0.0183. The van der Waals surface area contributed by atoms with Gasteiger partial charge in [-0.25, -0.2) is 4.68 Å². The fraction of sp³-hybridized carbons (Fsp3) is 0.105. The first-order valence-electron chi connectivity index (χ1n) is 7.69. The number of nitrogens with one attached hydrogen (secondary N) is 1. The highest BCUT2D eigenvalue weighted by Gasteiger charge is 2.14. The van der Waals surface area contributed by atoms with E-state index in [-0.39, 0.29) is 11.7 Å². The maximum Gasteiger partial charge on any atom is 0.276 e. The number of carbonyl (C=O) groups is 2. The van der Waals surface area contributed by atoms with Crippen LogP contribution in [0.3, 0.4) is 0 Å². The van der Waals surface area contributed by atoms with Crippen molar-refractivity contribution in [3.05, 3.63) is 76.6 Å². The third-order valence-corrected chi connectivity index (χ3v) is 3.99. The molecule has 0 unspecified atom stereocenters. The Morgan fingerprint density at radius 1 is 1.04 bits per heavy atom. The largest absolute Gasteiger partial charge is 0.321 e. The van der Waals surface area contributed by atoms with E-state index in [2.05, 4.69) is 10.4 Å². The van der Waals surface area contributed by atoms with Crippen molar-refractivity contribution in [2.45, 2.75) is 13.8 Å².